The van der Waals surface area contributed by atoms with Crippen LogP contribution in [0.4, 0.5) is 0 Å². The molecule has 0 radical (unpaired) electrons. The van der Waals surface area contributed by atoms with Crippen molar-refractivity contribution in [2.75, 3.05) is 0 Å². The fourth-order valence-corrected chi connectivity index (χ4v) is 3.45. The molecule has 0 saturated heterocycles. The molecule has 2 amide bonds. The molecule has 0 bridgehead atoms. The molecule has 1 heterocycles. The van der Waals surface area contributed by atoms with Gasteiger partial charge in [-0.25, -0.2) is 4.79 Å². The predicted octanol–water partition coefficient (Wildman–Crippen LogP) is 1.93. The largest absolute Gasteiger partial charge is 0.480 e. The van der Waals surface area contributed by atoms with Crippen molar-refractivity contribution in [3.8, 4) is 0 Å². The van der Waals surface area contributed by atoms with Crippen LogP contribution in [0.5, 0.6) is 0 Å². The second kappa shape index (κ2) is 10.2. The molecule has 3 rings (SSSR count). The third-order valence-corrected chi connectivity index (χ3v) is 5.01. The highest BCUT2D eigenvalue weighted by molar-refractivity contribution is 5.96. The highest BCUT2D eigenvalue weighted by Gasteiger charge is 2.25. The van der Waals surface area contributed by atoms with Crippen LogP contribution in [0.15, 0.2) is 83.8 Å². The Morgan fingerprint density at radius 1 is 0.906 bits per heavy atom. The summed E-state index contributed by atoms with van der Waals surface area (Å²) in [5, 5.41) is 11.7. The van der Waals surface area contributed by atoms with E-state index in [0.29, 0.717) is 0 Å². The average Bonchev–Trinajstić information content (AvgIpc) is 2.79. The van der Waals surface area contributed by atoms with E-state index in [1.54, 1.807) is 12.3 Å². The molecule has 3 aromatic rings. The summed E-state index contributed by atoms with van der Waals surface area (Å²) in [5.41, 5.74) is 6.01. The van der Waals surface area contributed by atoms with Gasteiger partial charge < -0.3 is 20.7 Å². The molecule has 32 heavy (non-hydrogen) atoms. The zero-order chi connectivity index (χ0) is 23.1. The van der Waals surface area contributed by atoms with Crippen LogP contribution >= 0.6 is 0 Å². The van der Waals surface area contributed by atoms with Gasteiger partial charge in [-0.15, -0.1) is 0 Å². The molecule has 0 aliphatic carbocycles. The van der Waals surface area contributed by atoms with Crippen molar-refractivity contribution in [2.24, 2.45) is 5.73 Å². The SMILES string of the molecule is NC(=O)CC[C@H](NC(=O)c1cccn(C(c2ccccc2)c2ccccc2)c1=O)C(=O)O. The van der Waals surface area contributed by atoms with Crippen molar-refractivity contribution in [2.45, 2.75) is 24.9 Å². The second-order valence-corrected chi connectivity index (χ2v) is 7.23. The number of nitrogens with two attached hydrogens (primary N) is 1. The summed E-state index contributed by atoms with van der Waals surface area (Å²) in [4.78, 5) is 48.5. The lowest BCUT2D eigenvalue weighted by Gasteiger charge is -2.22. The maximum atomic E-state index is 13.3. The molecule has 8 heteroatoms. The molecule has 0 aliphatic rings. The van der Waals surface area contributed by atoms with Gasteiger partial charge in [-0.1, -0.05) is 60.7 Å². The number of carboxylic acid groups (broad SMARTS) is 1. The number of nitrogens with one attached hydrogen (secondary N) is 1. The minimum atomic E-state index is -1.35. The first-order valence-electron chi connectivity index (χ1n) is 10.0. The Kier molecular flexibility index (Phi) is 7.17. The standard InChI is InChI=1S/C24H23N3O5/c25-20(28)14-13-19(24(31)32)26-22(29)18-12-7-15-27(23(18)30)21(16-8-3-1-4-9-16)17-10-5-2-6-11-17/h1-12,15,19,21H,13-14H2,(H2,25,28)(H,26,29)(H,31,32)/t19-/m0/s1. The van der Waals surface area contributed by atoms with E-state index in [2.05, 4.69) is 5.32 Å². The number of benzene rings is 2. The number of pyridine rings is 1. The Labute approximate surface area is 184 Å². The van der Waals surface area contributed by atoms with Gasteiger partial charge in [0.05, 0.1) is 6.04 Å². The number of rotatable bonds is 9. The molecule has 4 N–H and O–H groups in total. The highest BCUT2D eigenvalue weighted by atomic mass is 16.4. The molecular weight excluding hydrogens is 410 g/mol. The number of aliphatic carboxylic acids is 1. The molecule has 164 valence electrons. The van der Waals surface area contributed by atoms with E-state index in [9.17, 15) is 24.3 Å². The fraction of sp³-hybridized carbons (Fsp3) is 0.167. The molecular formula is C24H23N3O5. The van der Waals surface area contributed by atoms with Gasteiger partial charge in [0.1, 0.15) is 11.6 Å². The van der Waals surface area contributed by atoms with E-state index in [1.165, 1.54) is 10.6 Å². The lowest BCUT2D eigenvalue weighted by molar-refractivity contribution is -0.139. The first-order chi connectivity index (χ1) is 15.4. The summed E-state index contributed by atoms with van der Waals surface area (Å²) in [6, 6.07) is 19.8. The predicted molar refractivity (Wildman–Crippen MR) is 118 cm³/mol. The Bertz CT molecular complexity index is 1120. The number of carbonyl (C=O) groups excluding carboxylic acids is 2. The molecule has 0 spiro atoms. The van der Waals surface area contributed by atoms with Crippen LogP contribution in [-0.2, 0) is 9.59 Å². The summed E-state index contributed by atoms with van der Waals surface area (Å²) in [5.74, 6) is -2.83. The van der Waals surface area contributed by atoms with Crippen LogP contribution in [-0.4, -0.2) is 33.5 Å². The molecule has 0 fully saturated rings. The maximum Gasteiger partial charge on any atom is 0.326 e. The van der Waals surface area contributed by atoms with Crippen molar-refractivity contribution in [1.29, 1.82) is 0 Å². The number of aromatic nitrogens is 1. The summed E-state index contributed by atoms with van der Waals surface area (Å²) in [7, 11) is 0. The molecule has 1 atom stereocenters. The summed E-state index contributed by atoms with van der Waals surface area (Å²) in [6.45, 7) is 0. The summed E-state index contributed by atoms with van der Waals surface area (Å²) >= 11 is 0. The zero-order valence-electron chi connectivity index (χ0n) is 17.2. The van der Waals surface area contributed by atoms with Crippen LogP contribution < -0.4 is 16.6 Å². The molecule has 8 nitrogen and oxygen atoms in total. The number of primary amides is 1. The van der Waals surface area contributed by atoms with Gasteiger partial charge in [-0.3, -0.25) is 14.4 Å². The van der Waals surface area contributed by atoms with E-state index in [0.717, 1.165) is 11.1 Å². The van der Waals surface area contributed by atoms with Gasteiger partial charge in [0.15, 0.2) is 0 Å². The molecule has 1 aromatic heterocycles. The van der Waals surface area contributed by atoms with E-state index in [1.807, 2.05) is 60.7 Å². The third-order valence-electron chi connectivity index (χ3n) is 5.01. The molecule has 2 aromatic carbocycles. The van der Waals surface area contributed by atoms with E-state index in [4.69, 9.17) is 5.73 Å². The maximum absolute atomic E-state index is 13.3. The highest BCUT2D eigenvalue weighted by Crippen LogP contribution is 2.25. The molecule has 0 aliphatic heterocycles. The number of hydrogen-bond acceptors (Lipinski definition) is 4. The topological polar surface area (TPSA) is 131 Å². The first kappa shape index (κ1) is 22.5. The Morgan fingerprint density at radius 3 is 1.97 bits per heavy atom. The lowest BCUT2D eigenvalue weighted by Crippen LogP contribution is -2.44. The lowest BCUT2D eigenvalue weighted by atomic mass is 9.98. The molecule has 0 unspecified atom stereocenters. The Morgan fingerprint density at radius 2 is 1.47 bits per heavy atom. The Hall–Kier alpha value is -4.20. The Balaban J connectivity index is 1.99. The van der Waals surface area contributed by atoms with E-state index >= 15 is 0 Å². The summed E-state index contributed by atoms with van der Waals surface area (Å²) < 4.78 is 1.44. The van der Waals surface area contributed by atoms with Gasteiger partial charge in [0.25, 0.3) is 11.5 Å². The minimum Gasteiger partial charge on any atom is -0.480 e. The first-order valence-corrected chi connectivity index (χ1v) is 10.0. The van der Waals surface area contributed by atoms with Gasteiger partial charge in [-0.05, 0) is 29.7 Å². The third kappa shape index (κ3) is 5.28. The summed E-state index contributed by atoms with van der Waals surface area (Å²) in [6.07, 6.45) is 1.21. The fourth-order valence-electron chi connectivity index (χ4n) is 3.45. The van der Waals surface area contributed by atoms with Gasteiger partial charge >= 0.3 is 5.97 Å². The minimum absolute atomic E-state index is 0.173. The van der Waals surface area contributed by atoms with Crippen LogP contribution in [0, 0.1) is 0 Å². The number of nitrogens with zero attached hydrogens (tertiary/aromatic N) is 1. The van der Waals surface area contributed by atoms with Crippen LogP contribution in [0.2, 0.25) is 0 Å². The van der Waals surface area contributed by atoms with Crippen molar-refractivity contribution in [1.82, 2.24) is 9.88 Å². The molecule has 0 saturated carbocycles. The number of carbonyl (C=O) groups is 3. The van der Waals surface area contributed by atoms with Crippen molar-refractivity contribution < 1.29 is 19.5 Å². The van der Waals surface area contributed by atoms with Crippen molar-refractivity contribution >= 4 is 17.8 Å². The van der Waals surface area contributed by atoms with Gasteiger partial charge in [0.2, 0.25) is 5.91 Å². The van der Waals surface area contributed by atoms with E-state index < -0.39 is 35.4 Å². The van der Waals surface area contributed by atoms with E-state index in [-0.39, 0.29) is 18.4 Å². The van der Waals surface area contributed by atoms with Gasteiger partial charge in [-0.2, -0.15) is 0 Å². The zero-order valence-corrected chi connectivity index (χ0v) is 17.2. The van der Waals surface area contributed by atoms with Crippen LogP contribution in [0.25, 0.3) is 0 Å². The number of amides is 2. The van der Waals surface area contributed by atoms with Gasteiger partial charge in [0, 0.05) is 12.6 Å². The van der Waals surface area contributed by atoms with Crippen molar-refractivity contribution in [3.63, 3.8) is 0 Å². The number of carboxylic acids is 1. The normalized spacial score (nSPS) is 11.7. The second-order valence-electron chi connectivity index (χ2n) is 7.23. The monoisotopic (exact) mass is 433 g/mol. The smallest absolute Gasteiger partial charge is 0.326 e. The quantitative estimate of drug-likeness (QED) is 0.475. The number of hydrogen-bond donors (Lipinski definition) is 3. The average molecular weight is 433 g/mol. The van der Waals surface area contributed by atoms with Crippen molar-refractivity contribution in [3.05, 3.63) is 106 Å². The van der Waals surface area contributed by atoms with Crippen LogP contribution in [0.1, 0.15) is 40.4 Å². The van der Waals surface area contributed by atoms with Crippen LogP contribution in [0.3, 0.4) is 0 Å².